The van der Waals surface area contributed by atoms with E-state index in [1.165, 1.54) is 0 Å². The Balaban J connectivity index is -0.0000000300. The summed E-state index contributed by atoms with van der Waals surface area (Å²) in [5.74, 6) is 0. The van der Waals surface area contributed by atoms with Crippen LogP contribution >= 0.6 is 34.8 Å². The van der Waals surface area contributed by atoms with Gasteiger partial charge in [-0.25, -0.2) is 0 Å². The molecule has 50 valence electrons. The van der Waals surface area contributed by atoms with Gasteiger partial charge in [0.25, 0.3) is 0 Å². The molecule has 0 rings (SSSR count). The molecular weight excluding hydrogens is 192 g/mol. The summed E-state index contributed by atoms with van der Waals surface area (Å²) in [7, 11) is 0. The Morgan fingerprint density at radius 1 is 1.10 bits per heavy atom. The van der Waals surface area contributed by atoms with Crippen LogP contribution in [0.3, 0.4) is 0 Å². The first-order valence-corrected chi connectivity index (χ1v) is 2.58. The Hall–Kier alpha value is 1.33. The fourth-order valence-electron chi connectivity index (χ4n) is 0. The number of carbonyl (C=O) groups is 1. The molecule has 0 atom stereocenters. The van der Waals surface area contributed by atoms with Crippen LogP contribution in [-0.2, 0) is 0 Å². The summed E-state index contributed by atoms with van der Waals surface area (Å²) < 4.78 is -0.750. The number of hydrogen-bond acceptors (Lipinski definition) is 3. The van der Waals surface area contributed by atoms with Gasteiger partial charge in [-0.15, -0.1) is 0 Å². The zero-order valence-electron chi connectivity index (χ0n) is 5.44. The summed E-state index contributed by atoms with van der Waals surface area (Å²) in [5.41, 5.74) is 0. The van der Waals surface area contributed by atoms with E-state index in [0.29, 0.717) is 0 Å². The van der Waals surface area contributed by atoms with E-state index in [1.807, 2.05) is 0 Å². The zero-order chi connectivity index (χ0) is 7.15. The number of rotatable bonds is 0. The van der Waals surface area contributed by atoms with E-state index in [9.17, 15) is 0 Å². The molecule has 0 fully saturated rings. The van der Waals surface area contributed by atoms with Crippen molar-refractivity contribution in [2.45, 2.75) is 4.30 Å². The number of hydrogen-bond donors (Lipinski definition) is 0. The SMILES string of the molecule is ClC(Cl)Cl.O=C([O-])[O-].[Li+].[Li+]. The summed E-state index contributed by atoms with van der Waals surface area (Å²) in [6.07, 6.45) is -2.33. The summed E-state index contributed by atoms with van der Waals surface area (Å²) in [6, 6.07) is 0. The van der Waals surface area contributed by atoms with Gasteiger partial charge >= 0.3 is 37.7 Å². The minimum atomic E-state index is -2.33. The minimum Gasteiger partial charge on any atom is -0.652 e. The Bertz CT molecular complexity index is 64.0. The average molecular weight is 193 g/mol. The van der Waals surface area contributed by atoms with Crippen LogP contribution < -0.4 is 47.9 Å². The van der Waals surface area contributed by atoms with Crippen molar-refractivity contribution in [2.75, 3.05) is 0 Å². The fraction of sp³-hybridized carbons (Fsp3) is 0.500. The van der Waals surface area contributed by atoms with Crippen molar-refractivity contribution in [3.05, 3.63) is 0 Å². The number of carbonyl (C=O) groups excluding carboxylic acids is 1. The third kappa shape index (κ3) is 364. The molecule has 0 saturated heterocycles. The first-order chi connectivity index (χ1) is 3.46. The van der Waals surface area contributed by atoms with Crippen molar-refractivity contribution in [1.82, 2.24) is 0 Å². The molecule has 0 bridgehead atoms. The van der Waals surface area contributed by atoms with Crippen LogP contribution in [0.2, 0.25) is 0 Å². The molecule has 3 nitrogen and oxygen atoms in total. The van der Waals surface area contributed by atoms with E-state index >= 15 is 0 Å². The van der Waals surface area contributed by atoms with Crippen molar-refractivity contribution in [2.24, 2.45) is 0 Å². The van der Waals surface area contributed by atoms with Gasteiger partial charge in [-0.1, -0.05) is 34.8 Å². The van der Waals surface area contributed by atoms with Crippen molar-refractivity contribution in [3.8, 4) is 0 Å². The van der Waals surface area contributed by atoms with E-state index in [2.05, 4.69) is 0 Å². The zero-order valence-corrected chi connectivity index (χ0v) is 7.70. The molecule has 0 unspecified atom stereocenters. The topological polar surface area (TPSA) is 63.2 Å². The average Bonchev–Trinajstić information content (AvgIpc) is 1.25. The number of alkyl halides is 3. The van der Waals surface area contributed by atoms with Gasteiger partial charge in [0.15, 0.2) is 4.30 Å². The number of carboxylic acid groups (broad SMARTS) is 2. The molecular formula is C2HCl3Li2O3. The molecule has 0 aromatic heterocycles. The predicted octanol–water partition coefficient (Wildman–Crippen LogP) is -6.45. The minimum absolute atomic E-state index is 0. The first-order valence-electron chi connectivity index (χ1n) is 1.27. The molecule has 0 aromatic carbocycles. The van der Waals surface area contributed by atoms with E-state index in [0.717, 1.165) is 0 Å². The van der Waals surface area contributed by atoms with Gasteiger partial charge in [0.1, 0.15) is 0 Å². The van der Waals surface area contributed by atoms with Crippen LogP contribution in [-0.4, -0.2) is 10.5 Å². The predicted molar refractivity (Wildman–Crippen MR) is 26.7 cm³/mol. The number of halogens is 3. The maximum atomic E-state index is 8.33. The van der Waals surface area contributed by atoms with E-state index < -0.39 is 10.5 Å². The maximum Gasteiger partial charge on any atom is 1.00 e. The molecule has 0 aliphatic heterocycles. The quantitative estimate of drug-likeness (QED) is 0.284. The van der Waals surface area contributed by atoms with Crippen LogP contribution in [0.5, 0.6) is 0 Å². The van der Waals surface area contributed by atoms with E-state index in [4.69, 9.17) is 49.8 Å². The normalized spacial score (nSPS) is 6.00. The molecule has 0 aliphatic carbocycles. The van der Waals surface area contributed by atoms with Gasteiger partial charge in [-0.2, -0.15) is 0 Å². The molecule has 8 heteroatoms. The molecule has 0 radical (unpaired) electrons. The van der Waals surface area contributed by atoms with Gasteiger partial charge in [-0.3, -0.25) is 0 Å². The van der Waals surface area contributed by atoms with Crippen LogP contribution in [0.25, 0.3) is 0 Å². The monoisotopic (exact) mass is 192 g/mol. The van der Waals surface area contributed by atoms with Crippen molar-refractivity contribution in [1.29, 1.82) is 0 Å². The Morgan fingerprint density at radius 2 is 1.10 bits per heavy atom. The molecule has 0 spiro atoms. The Labute approximate surface area is 97.4 Å². The second kappa shape index (κ2) is 16.7. The molecule has 0 aromatic rings. The van der Waals surface area contributed by atoms with Crippen LogP contribution in [0, 0.1) is 0 Å². The van der Waals surface area contributed by atoms with Gasteiger partial charge in [0, 0.05) is 0 Å². The van der Waals surface area contributed by atoms with Crippen LogP contribution in [0.1, 0.15) is 0 Å². The first kappa shape index (κ1) is 22.5. The molecule has 10 heavy (non-hydrogen) atoms. The van der Waals surface area contributed by atoms with Crippen molar-refractivity contribution in [3.63, 3.8) is 0 Å². The van der Waals surface area contributed by atoms with Gasteiger partial charge in [0.05, 0.1) is 0 Å². The molecule has 0 amide bonds. The smallest absolute Gasteiger partial charge is 0.652 e. The fourth-order valence-corrected chi connectivity index (χ4v) is 0. The van der Waals surface area contributed by atoms with Gasteiger partial charge in [0.2, 0.25) is 0 Å². The largest absolute Gasteiger partial charge is 1.00 e. The Kier molecular flexibility index (Phi) is 37.7. The maximum absolute atomic E-state index is 8.33. The van der Waals surface area contributed by atoms with E-state index in [1.54, 1.807) is 0 Å². The van der Waals surface area contributed by atoms with Crippen LogP contribution in [0.15, 0.2) is 0 Å². The summed E-state index contributed by atoms with van der Waals surface area (Å²) in [5, 5.41) is 16.7. The molecule has 0 heterocycles. The molecule has 0 saturated carbocycles. The second-order valence-electron chi connectivity index (χ2n) is 0.497. The van der Waals surface area contributed by atoms with Gasteiger partial charge < -0.3 is 15.0 Å². The Morgan fingerprint density at radius 3 is 1.10 bits per heavy atom. The summed E-state index contributed by atoms with van der Waals surface area (Å²) >= 11 is 14.4. The van der Waals surface area contributed by atoms with Crippen molar-refractivity contribution < 1.29 is 52.7 Å². The third-order valence-corrected chi connectivity index (χ3v) is 0. The molecule has 0 aliphatic rings. The second-order valence-corrected chi connectivity index (χ2v) is 2.48. The van der Waals surface area contributed by atoms with Crippen molar-refractivity contribution >= 4 is 41.0 Å². The molecule has 0 N–H and O–H groups in total. The standard InChI is InChI=1S/CHCl3.CH2O3.2Li/c2*2-1(3)4;;/h1H;(H2,2,3,4);;/q;;2*+1/p-2. The summed E-state index contributed by atoms with van der Waals surface area (Å²) in [6.45, 7) is 0. The third-order valence-electron chi connectivity index (χ3n) is 0. The summed E-state index contributed by atoms with van der Waals surface area (Å²) in [4.78, 5) is 8.33. The van der Waals surface area contributed by atoms with E-state index in [-0.39, 0.29) is 37.7 Å². The van der Waals surface area contributed by atoms with Crippen LogP contribution in [0.4, 0.5) is 4.79 Å². The van der Waals surface area contributed by atoms with Gasteiger partial charge in [-0.05, 0) is 6.16 Å².